The summed E-state index contributed by atoms with van der Waals surface area (Å²) >= 11 is 0. The molecule has 0 aliphatic carbocycles. The third kappa shape index (κ3) is 2.36. The van der Waals surface area contributed by atoms with E-state index < -0.39 is 37.1 Å². The lowest BCUT2D eigenvalue weighted by molar-refractivity contribution is -0.0511. The summed E-state index contributed by atoms with van der Waals surface area (Å²) in [5.74, 6) is -0.530. The zero-order chi connectivity index (χ0) is 18.4. The number of aliphatic hydroxyl groups excluding tert-OH is 3. The first-order chi connectivity index (χ1) is 12.6. The molecule has 11 heteroatoms. The molecular formula is C15H17N5O6. The van der Waals surface area contributed by atoms with Crippen LogP contribution in [0.1, 0.15) is 23.5 Å². The van der Waals surface area contributed by atoms with Crippen LogP contribution >= 0.6 is 0 Å². The lowest BCUT2D eigenvalue weighted by Crippen LogP contribution is -2.33. The van der Waals surface area contributed by atoms with Crippen LogP contribution in [0.25, 0.3) is 16.7 Å². The molecule has 0 bridgehead atoms. The van der Waals surface area contributed by atoms with Gasteiger partial charge in [0.15, 0.2) is 11.9 Å². The van der Waals surface area contributed by atoms with Gasteiger partial charge in [0.25, 0.3) is 0 Å². The van der Waals surface area contributed by atoms with Crippen molar-refractivity contribution in [1.29, 1.82) is 0 Å². The zero-order valence-electron chi connectivity index (χ0n) is 13.8. The van der Waals surface area contributed by atoms with Crippen molar-refractivity contribution in [2.24, 2.45) is 0 Å². The molecule has 4 atom stereocenters. The molecule has 3 aromatic rings. The number of hydrogen-bond donors (Lipinski definition) is 3. The summed E-state index contributed by atoms with van der Waals surface area (Å²) in [5.41, 5.74) is 1.36. The third-order valence-corrected chi connectivity index (χ3v) is 4.36. The van der Waals surface area contributed by atoms with Gasteiger partial charge in [0.05, 0.1) is 25.7 Å². The zero-order valence-corrected chi connectivity index (χ0v) is 13.8. The van der Waals surface area contributed by atoms with Crippen molar-refractivity contribution >= 4 is 22.6 Å². The number of aliphatic hydroxyl groups is 3. The summed E-state index contributed by atoms with van der Waals surface area (Å²) in [5, 5.41) is 33.5. The molecule has 0 radical (unpaired) electrons. The van der Waals surface area contributed by atoms with E-state index in [0.717, 1.165) is 0 Å². The Balaban J connectivity index is 1.83. The SMILES string of the molecule is CCOC(=O)c1cnn2cnc3c(ncn3[C@@H]3O[C@H](CO)[C@@H](O)[C@H]3O)c12. The lowest BCUT2D eigenvalue weighted by Gasteiger charge is -2.16. The highest BCUT2D eigenvalue weighted by atomic mass is 16.6. The van der Waals surface area contributed by atoms with E-state index in [9.17, 15) is 20.1 Å². The molecule has 4 rings (SSSR count). The second-order valence-electron chi connectivity index (χ2n) is 5.87. The van der Waals surface area contributed by atoms with Gasteiger partial charge in [-0.15, -0.1) is 0 Å². The van der Waals surface area contributed by atoms with E-state index in [1.807, 2.05) is 0 Å². The smallest absolute Gasteiger partial charge is 0.342 e. The van der Waals surface area contributed by atoms with Crippen molar-refractivity contribution in [3.8, 4) is 0 Å². The van der Waals surface area contributed by atoms with Gasteiger partial charge in [-0.2, -0.15) is 5.10 Å². The fraction of sp³-hybridized carbons (Fsp3) is 0.467. The molecule has 0 spiro atoms. The number of rotatable bonds is 4. The van der Waals surface area contributed by atoms with Gasteiger partial charge in [0, 0.05) is 0 Å². The molecule has 1 saturated heterocycles. The molecule has 11 nitrogen and oxygen atoms in total. The van der Waals surface area contributed by atoms with Gasteiger partial charge in [-0.1, -0.05) is 0 Å². The number of aromatic nitrogens is 5. The second-order valence-corrected chi connectivity index (χ2v) is 5.87. The highest BCUT2D eigenvalue weighted by molar-refractivity contribution is 6.04. The molecule has 138 valence electrons. The summed E-state index contributed by atoms with van der Waals surface area (Å²) in [7, 11) is 0. The summed E-state index contributed by atoms with van der Waals surface area (Å²) in [4.78, 5) is 20.7. The standard InChI is InChI=1S/C15H17N5O6/c1-2-25-15(24)7-3-18-20-6-17-13-9(10(7)20)16-5-19(13)14-12(23)11(22)8(4-21)26-14/h3,5-6,8,11-12,14,21-23H,2,4H2,1H3/t8-,11-,12-,14-/m1/s1. The normalized spacial score (nSPS) is 26.0. The van der Waals surface area contributed by atoms with Crippen LogP contribution in [0.4, 0.5) is 0 Å². The average Bonchev–Trinajstić information content (AvgIpc) is 3.31. The van der Waals surface area contributed by atoms with Gasteiger partial charge in [-0.25, -0.2) is 19.3 Å². The molecule has 0 saturated carbocycles. The topological polar surface area (TPSA) is 144 Å². The highest BCUT2D eigenvalue weighted by Gasteiger charge is 2.44. The van der Waals surface area contributed by atoms with Gasteiger partial charge in [0.2, 0.25) is 0 Å². The summed E-state index contributed by atoms with van der Waals surface area (Å²) in [6.45, 7) is 1.49. The van der Waals surface area contributed by atoms with Crippen LogP contribution in [0.3, 0.4) is 0 Å². The predicted octanol–water partition coefficient (Wildman–Crippen LogP) is -1.13. The van der Waals surface area contributed by atoms with E-state index in [1.54, 1.807) is 6.92 Å². The van der Waals surface area contributed by atoms with Crippen LogP contribution in [0.15, 0.2) is 18.9 Å². The Morgan fingerprint density at radius 3 is 2.81 bits per heavy atom. The quantitative estimate of drug-likeness (QED) is 0.490. The number of imidazole rings is 1. The third-order valence-electron chi connectivity index (χ3n) is 4.36. The molecule has 3 aromatic heterocycles. The lowest BCUT2D eigenvalue weighted by atomic mass is 10.1. The van der Waals surface area contributed by atoms with E-state index >= 15 is 0 Å². The second kappa shape index (κ2) is 6.29. The Labute approximate surface area is 146 Å². The predicted molar refractivity (Wildman–Crippen MR) is 85.2 cm³/mol. The molecule has 1 aliphatic heterocycles. The summed E-state index contributed by atoms with van der Waals surface area (Å²) < 4.78 is 13.4. The van der Waals surface area contributed by atoms with Crippen LogP contribution in [-0.2, 0) is 9.47 Å². The number of carbonyl (C=O) groups excluding carboxylic acids is 1. The van der Waals surface area contributed by atoms with Gasteiger partial charge < -0.3 is 24.8 Å². The van der Waals surface area contributed by atoms with Crippen molar-refractivity contribution < 1.29 is 29.6 Å². The first-order valence-electron chi connectivity index (χ1n) is 8.05. The minimum atomic E-state index is -1.27. The first-order valence-corrected chi connectivity index (χ1v) is 8.05. The number of fused-ring (bicyclic) bond motifs is 3. The van der Waals surface area contributed by atoms with E-state index in [1.165, 1.54) is 27.9 Å². The molecule has 3 N–H and O–H groups in total. The number of carbonyl (C=O) groups is 1. The van der Waals surface area contributed by atoms with Crippen molar-refractivity contribution in [1.82, 2.24) is 24.1 Å². The Hall–Kier alpha value is -2.60. The first kappa shape index (κ1) is 16.8. The Morgan fingerprint density at radius 1 is 1.31 bits per heavy atom. The van der Waals surface area contributed by atoms with E-state index in [-0.39, 0.29) is 12.2 Å². The maximum atomic E-state index is 12.1. The number of esters is 1. The van der Waals surface area contributed by atoms with Gasteiger partial charge in [-0.3, -0.25) is 4.57 Å². The van der Waals surface area contributed by atoms with E-state index in [2.05, 4.69) is 15.1 Å². The molecule has 1 fully saturated rings. The maximum absolute atomic E-state index is 12.1. The summed E-state index contributed by atoms with van der Waals surface area (Å²) in [6, 6.07) is 0. The van der Waals surface area contributed by atoms with Crippen molar-refractivity contribution in [3.05, 3.63) is 24.4 Å². The van der Waals surface area contributed by atoms with Crippen molar-refractivity contribution in [3.63, 3.8) is 0 Å². The largest absolute Gasteiger partial charge is 0.462 e. The van der Waals surface area contributed by atoms with Crippen LogP contribution in [0.2, 0.25) is 0 Å². The minimum absolute atomic E-state index is 0.224. The Morgan fingerprint density at radius 2 is 2.12 bits per heavy atom. The number of ether oxygens (including phenoxy) is 2. The maximum Gasteiger partial charge on any atom is 0.342 e. The average molecular weight is 363 g/mol. The fourth-order valence-electron chi connectivity index (χ4n) is 3.10. The van der Waals surface area contributed by atoms with Gasteiger partial charge in [-0.05, 0) is 6.92 Å². The van der Waals surface area contributed by atoms with Crippen molar-refractivity contribution in [2.75, 3.05) is 13.2 Å². The number of hydrogen-bond acceptors (Lipinski definition) is 9. The molecule has 1 aliphatic rings. The molecular weight excluding hydrogens is 346 g/mol. The van der Waals surface area contributed by atoms with E-state index in [0.29, 0.717) is 16.7 Å². The van der Waals surface area contributed by atoms with Gasteiger partial charge in [0.1, 0.15) is 41.2 Å². The highest BCUT2D eigenvalue weighted by Crippen LogP contribution is 2.32. The van der Waals surface area contributed by atoms with Gasteiger partial charge >= 0.3 is 5.97 Å². The van der Waals surface area contributed by atoms with Crippen molar-refractivity contribution in [2.45, 2.75) is 31.5 Å². The molecule has 0 unspecified atom stereocenters. The Bertz CT molecular complexity index is 968. The molecule has 26 heavy (non-hydrogen) atoms. The Kier molecular flexibility index (Phi) is 4.07. The van der Waals surface area contributed by atoms with Crippen LogP contribution in [0.5, 0.6) is 0 Å². The van der Waals surface area contributed by atoms with Crippen LogP contribution in [-0.4, -0.2) is 77.0 Å². The van der Waals surface area contributed by atoms with E-state index in [4.69, 9.17) is 9.47 Å². The molecule has 0 aromatic carbocycles. The summed E-state index contributed by atoms with van der Waals surface area (Å²) in [6.07, 6.45) is -0.231. The molecule has 4 heterocycles. The number of nitrogens with zero attached hydrogens (tertiary/aromatic N) is 5. The van der Waals surface area contributed by atoms with Crippen LogP contribution < -0.4 is 0 Å². The fourth-order valence-corrected chi connectivity index (χ4v) is 3.10. The minimum Gasteiger partial charge on any atom is -0.462 e. The monoisotopic (exact) mass is 363 g/mol. The molecule has 0 amide bonds. The van der Waals surface area contributed by atoms with Crippen LogP contribution in [0, 0.1) is 0 Å².